The van der Waals surface area contributed by atoms with E-state index in [1.807, 2.05) is 0 Å². The second kappa shape index (κ2) is 4.62. The lowest BCUT2D eigenvalue weighted by atomic mass is 9.62. The van der Waals surface area contributed by atoms with E-state index in [0.717, 1.165) is 0 Å². The Balaban J connectivity index is 2.19. The molecule has 2 heterocycles. The van der Waals surface area contributed by atoms with E-state index >= 15 is 0 Å². The molecule has 1 aliphatic carbocycles. The Labute approximate surface area is 119 Å². The molecule has 1 saturated carbocycles. The first-order chi connectivity index (χ1) is 9.18. The van der Waals surface area contributed by atoms with Gasteiger partial charge in [-0.15, -0.1) is 0 Å². The summed E-state index contributed by atoms with van der Waals surface area (Å²) in [6, 6.07) is 0. The van der Waals surface area contributed by atoms with Crippen LogP contribution >= 0.6 is 0 Å². The van der Waals surface area contributed by atoms with Gasteiger partial charge in [-0.25, -0.2) is 9.59 Å². The van der Waals surface area contributed by atoms with Crippen molar-refractivity contribution in [3.8, 4) is 0 Å². The normalized spacial score (nSPS) is 31.8. The number of methoxy groups -OCH3 is 2. The second-order valence-corrected chi connectivity index (χ2v) is 6.88. The van der Waals surface area contributed by atoms with E-state index in [9.17, 15) is 9.59 Å². The van der Waals surface area contributed by atoms with Gasteiger partial charge in [0.15, 0.2) is 0 Å². The first kappa shape index (κ1) is 15.1. The minimum atomic E-state index is -0.865. The smallest absolute Gasteiger partial charge is 0.411 e. The molecule has 0 N–H and O–H groups in total. The van der Waals surface area contributed by atoms with Crippen molar-refractivity contribution >= 4 is 12.1 Å². The molecule has 2 bridgehead atoms. The first-order valence-electron chi connectivity index (χ1n) is 6.76. The van der Waals surface area contributed by atoms with Crippen LogP contribution in [0.2, 0.25) is 0 Å². The van der Waals surface area contributed by atoms with Gasteiger partial charge in [0.25, 0.3) is 0 Å². The van der Waals surface area contributed by atoms with Gasteiger partial charge in [-0.3, -0.25) is 4.90 Å². The average molecular weight is 285 g/mol. The summed E-state index contributed by atoms with van der Waals surface area (Å²) < 4.78 is 15.5. The van der Waals surface area contributed by atoms with E-state index in [4.69, 9.17) is 14.2 Å². The molecule has 0 aromatic heterocycles. The van der Waals surface area contributed by atoms with Gasteiger partial charge in [0.05, 0.1) is 13.7 Å². The zero-order valence-corrected chi connectivity index (χ0v) is 12.8. The van der Waals surface area contributed by atoms with Crippen molar-refractivity contribution in [3.05, 3.63) is 0 Å². The predicted molar refractivity (Wildman–Crippen MR) is 71.2 cm³/mol. The van der Waals surface area contributed by atoms with Crippen molar-refractivity contribution in [1.29, 1.82) is 0 Å². The Hall–Kier alpha value is -1.30. The molecule has 0 unspecified atom stereocenters. The molecule has 2 saturated heterocycles. The lowest BCUT2D eigenvalue weighted by molar-refractivity contribution is -0.159. The fourth-order valence-electron chi connectivity index (χ4n) is 3.43. The molecule has 3 aliphatic rings. The third-order valence-corrected chi connectivity index (χ3v) is 3.97. The van der Waals surface area contributed by atoms with Crippen molar-refractivity contribution in [1.82, 2.24) is 4.90 Å². The van der Waals surface area contributed by atoms with Gasteiger partial charge in [-0.2, -0.15) is 0 Å². The third-order valence-electron chi connectivity index (χ3n) is 3.97. The third kappa shape index (κ3) is 2.26. The van der Waals surface area contributed by atoms with Gasteiger partial charge >= 0.3 is 12.1 Å². The second-order valence-electron chi connectivity index (χ2n) is 6.88. The molecule has 0 aromatic carbocycles. The van der Waals surface area contributed by atoms with Crippen LogP contribution in [0.1, 0.15) is 33.6 Å². The number of hydrogen-bond donors (Lipinski definition) is 0. The number of carbonyl (C=O) groups excluding carboxylic acids is 2. The van der Waals surface area contributed by atoms with Crippen LogP contribution in [0.25, 0.3) is 0 Å². The molecular weight excluding hydrogens is 262 g/mol. The van der Waals surface area contributed by atoms with Crippen LogP contribution in [0.3, 0.4) is 0 Å². The number of rotatable bonds is 3. The Morgan fingerprint density at radius 3 is 2.25 bits per heavy atom. The van der Waals surface area contributed by atoms with E-state index in [1.165, 1.54) is 12.0 Å². The summed E-state index contributed by atoms with van der Waals surface area (Å²) in [7, 11) is 2.97. The standard InChI is InChI=1S/C14H23NO5/c1-12(2,3)20-11(17)15-8-13(9-18-4)6-14(15,7-13)10(16)19-5/h6-9H2,1-5H3. The van der Waals surface area contributed by atoms with Crippen molar-refractivity contribution in [2.45, 2.75) is 44.8 Å². The maximum Gasteiger partial charge on any atom is 0.411 e. The minimum absolute atomic E-state index is 0.139. The zero-order chi connectivity index (χ0) is 15.2. The SMILES string of the molecule is COCC12CN(C(=O)OC(C)(C)C)C(C(=O)OC)(C1)C2. The number of ether oxygens (including phenoxy) is 3. The van der Waals surface area contributed by atoms with Crippen molar-refractivity contribution < 1.29 is 23.8 Å². The molecule has 114 valence electrons. The predicted octanol–water partition coefficient (Wildman–Crippen LogP) is 1.58. The summed E-state index contributed by atoms with van der Waals surface area (Å²) in [5.74, 6) is -0.368. The van der Waals surface area contributed by atoms with Crippen LogP contribution in [-0.2, 0) is 19.0 Å². The largest absolute Gasteiger partial charge is 0.467 e. The summed E-state index contributed by atoms with van der Waals surface area (Å²) in [6.45, 7) is 6.43. The fourth-order valence-corrected chi connectivity index (χ4v) is 3.43. The summed E-state index contributed by atoms with van der Waals surface area (Å²) in [5, 5.41) is 0. The van der Waals surface area contributed by atoms with Gasteiger partial charge in [0.2, 0.25) is 0 Å². The highest BCUT2D eigenvalue weighted by Crippen LogP contribution is 2.60. The zero-order valence-electron chi connectivity index (χ0n) is 12.8. The molecule has 3 fully saturated rings. The highest BCUT2D eigenvalue weighted by atomic mass is 16.6. The molecule has 2 aliphatic heterocycles. The van der Waals surface area contributed by atoms with E-state index in [-0.39, 0.29) is 11.4 Å². The summed E-state index contributed by atoms with van der Waals surface area (Å²) in [5.41, 5.74) is -1.59. The Kier molecular flexibility index (Phi) is 3.48. The van der Waals surface area contributed by atoms with E-state index < -0.39 is 17.2 Å². The van der Waals surface area contributed by atoms with Gasteiger partial charge in [-0.1, -0.05) is 0 Å². The number of nitrogens with zero attached hydrogens (tertiary/aromatic N) is 1. The van der Waals surface area contributed by atoms with Crippen molar-refractivity contribution in [2.75, 3.05) is 27.4 Å². The van der Waals surface area contributed by atoms with Crippen LogP contribution in [0, 0.1) is 5.41 Å². The summed E-state index contributed by atoms with van der Waals surface area (Å²) >= 11 is 0. The topological polar surface area (TPSA) is 65.1 Å². The summed E-state index contributed by atoms with van der Waals surface area (Å²) in [6.07, 6.45) is 0.706. The van der Waals surface area contributed by atoms with E-state index in [0.29, 0.717) is 26.0 Å². The quantitative estimate of drug-likeness (QED) is 0.737. The average Bonchev–Trinajstić information content (AvgIpc) is 2.77. The maximum atomic E-state index is 12.3. The lowest BCUT2D eigenvalue weighted by Gasteiger charge is -2.44. The van der Waals surface area contributed by atoms with Gasteiger partial charge in [-0.05, 0) is 33.6 Å². The van der Waals surface area contributed by atoms with Gasteiger partial charge in [0.1, 0.15) is 11.1 Å². The molecule has 6 heteroatoms. The minimum Gasteiger partial charge on any atom is -0.467 e. The van der Waals surface area contributed by atoms with Crippen LogP contribution in [0.5, 0.6) is 0 Å². The lowest BCUT2D eigenvalue weighted by Crippen LogP contribution is -2.58. The Bertz CT molecular complexity index is 420. The maximum absolute atomic E-state index is 12.3. The molecule has 1 amide bonds. The van der Waals surface area contributed by atoms with Crippen molar-refractivity contribution in [2.24, 2.45) is 5.41 Å². The number of carbonyl (C=O) groups is 2. The molecule has 0 atom stereocenters. The van der Waals surface area contributed by atoms with E-state index in [2.05, 4.69) is 0 Å². The fraction of sp³-hybridized carbons (Fsp3) is 0.857. The number of amides is 1. The number of fused-ring (bicyclic) bond motifs is 1. The van der Waals surface area contributed by atoms with E-state index in [1.54, 1.807) is 27.9 Å². The Morgan fingerprint density at radius 2 is 1.80 bits per heavy atom. The molecular formula is C14H23NO5. The first-order valence-corrected chi connectivity index (χ1v) is 6.76. The molecule has 0 aromatic rings. The number of hydrogen-bond acceptors (Lipinski definition) is 5. The van der Waals surface area contributed by atoms with Gasteiger partial charge in [0, 0.05) is 19.1 Å². The molecule has 0 spiro atoms. The molecule has 6 nitrogen and oxygen atoms in total. The van der Waals surface area contributed by atoms with Crippen molar-refractivity contribution in [3.63, 3.8) is 0 Å². The monoisotopic (exact) mass is 285 g/mol. The highest BCUT2D eigenvalue weighted by Gasteiger charge is 2.71. The Morgan fingerprint density at radius 1 is 1.20 bits per heavy atom. The molecule has 0 radical (unpaired) electrons. The van der Waals surface area contributed by atoms with Gasteiger partial charge < -0.3 is 14.2 Å². The highest BCUT2D eigenvalue weighted by molar-refractivity contribution is 5.89. The van der Waals surface area contributed by atoms with Crippen LogP contribution in [0.4, 0.5) is 4.79 Å². The number of esters is 1. The van der Waals surface area contributed by atoms with Crippen LogP contribution in [-0.4, -0.2) is 55.5 Å². The molecule has 20 heavy (non-hydrogen) atoms. The van der Waals surface area contributed by atoms with Crippen LogP contribution < -0.4 is 0 Å². The summed E-state index contributed by atoms with van der Waals surface area (Å²) in [4.78, 5) is 25.9. The molecule has 3 rings (SSSR count). The van der Waals surface area contributed by atoms with Crippen LogP contribution in [0.15, 0.2) is 0 Å².